The van der Waals surface area contributed by atoms with Crippen molar-refractivity contribution >= 4 is 5.69 Å². The van der Waals surface area contributed by atoms with E-state index in [0.29, 0.717) is 0 Å². The van der Waals surface area contributed by atoms with Gasteiger partial charge in [-0.2, -0.15) is 18.3 Å². The number of nitrogens with zero attached hydrogens (tertiary/aromatic N) is 2. The van der Waals surface area contributed by atoms with Gasteiger partial charge in [0.2, 0.25) is 5.69 Å². The van der Waals surface area contributed by atoms with E-state index in [0.717, 1.165) is 0 Å². The lowest BCUT2D eigenvalue weighted by atomic mass is 10.1. The Kier molecular flexibility index (Phi) is 2.69. The molecule has 15 heavy (non-hydrogen) atoms. The molecular weight excluding hydrogens is 215 g/mol. The number of H-pyrrole nitrogens is 1. The van der Waals surface area contributed by atoms with Gasteiger partial charge in [-0.1, -0.05) is 13.8 Å². The molecule has 1 aromatic heterocycles. The lowest BCUT2D eigenvalue weighted by molar-refractivity contribution is -0.388. The molecule has 0 atom stereocenters. The number of hydrogen-bond donors (Lipinski definition) is 1. The minimum absolute atomic E-state index is 0.118. The Balaban J connectivity index is 3.37. The molecule has 5 nitrogen and oxygen atoms in total. The van der Waals surface area contributed by atoms with Crippen molar-refractivity contribution in [2.45, 2.75) is 25.9 Å². The van der Waals surface area contributed by atoms with Crippen LogP contribution < -0.4 is 0 Å². The molecule has 0 unspecified atom stereocenters. The van der Waals surface area contributed by atoms with Gasteiger partial charge in [0, 0.05) is 5.92 Å². The summed E-state index contributed by atoms with van der Waals surface area (Å²) in [5.41, 5.74) is -2.58. The number of aromatic amines is 1. The van der Waals surface area contributed by atoms with Crippen LogP contribution in [0.3, 0.4) is 0 Å². The van der Waals surface area contributed by atoms with E-state index >= 15 is 0 Å². The number of alkyl halides is 3. The van der Waals surface area contributed by atoms with E-state index in [1.54, 1.807) is 13.8 Å². The second kappa shape index (κ2) is 3.52. The average Bonchev–Trinajstić information content (AvgIpc) is 2.45. The molecule has 0 aliphatic carbocycles. The molecule has 0 aliphatic heterocycles. The maximum Gasteiger partial charge on any atom is 0.442 e. The van der Waals surface area contributed by atoms with Gasteiger partial charge >= 0.3 is 11.9 Å². The first-order chi connectivity index (χ1) is 6.75. The fourth-order valence-electron chi connectivity index (χ4n) is 1.13. The van der Waals surface area contributed by atoms with Gasteiger partial charge in [0.25, 0.3) is 0 Å². The standard InChI is InChI=1S/C7H8F3N3O2/c1-3(2)4-5(13(14)15)6(12-11-4)7(8,9)10/h3H,1-2H3,(H,11,12). The zero-order chi connectivity index (χ0) is 11.8. The predicted molar refractivity (Wildman–Crippen MR) is 44.3 cm³/mol. The summed E-state index contributed by atoms with van der Waals surface area (Å²) in [4.78, 5) is 9.43. The summed E-state index contributed by atoms with van der Waals surface area (Å²) in [5.74, 6) is -0.422. The normalized spacial score (nSPS) is 12.1. The minimum Gasteiger partial charge on any atom is -0.274 e. The van der Waals surface area contributed by atoms with Crippen LogP contribution in [0.25, 0.3) is 0 Å². The average molecular weight is 223 g/mol. The highest BCUT2D eigenvalue weighted by molar-refractivity contribution is 5.43. The van der Waals surface area contributed by atoms with E-state index in [1.165, 1.54) is 0 Å². The van der Waals surface area contributed by atoms with E-state index in [-0.39, 0.29) is 5.69 Å². The summed E-state index contributed by atoms with van der Waals surface area (Å²) >= 11 is 0. The van der Waals surface area contributed by atoms with Gasteiger partial charge in [-0.15, -0.1) is 0 Å². The number of nitrogens with one attached hydrogen (secondary N) is 1. The fourth-order valence-corrected chi connectivity index (χ4v) is 1.13. The van der Waals surface area contributed by atoms with E-state index in [1.807, 2.05) is 0 Å². The van der Waals surface area contributed by atoms with E-state index < -0.39 is 28.4 Å². The fraction of sp³-hybridized carbons (Fsp3) is 0.571. The smallest absolute Gasteiger partial charge is 0.274 e. The van der Waals surface area contributed by atoms with Crippen LogP contribution in [0, 0.1) is 10.1 Å². The number of aromatic nitrogens is 2. The molecular formula is C7H8F3N3O2. The van der Waals surface area contributed by atoms with Gasteiger partial charge in [-0.3, -0.25) is 15.2 Å². The Morgan fingerprint density at radius 1 is 1.47 bits per heavy atom. The third-order valence-corrected chi connectivity index (χ3v) is 1.80. The van der Waals surface area contributed by atoms with Crippen LogP contribution in [0.4, 0.5) is 18.9 Å². The predicted octanol–water partition coefficient (Wildman–Crippen LogP) is 2.46. The van der Waals surface area contributed by atoms with Gasteiger partial charge in [-0.05, 0) is 0 Å². The number of halogens is 3. The molecule has 0 saturated heterocycles. The van der Waals surface area contributed by atoms with Gasteiger partial charge in [-0.25, -0.2) is 0 Å². The molecule has 0 saturated carbocycles. The molecule has 0 aliphatic rings. The Morgan fingerprint density at radius 2 is 2.00 bits per heavy atom. The highest BCUT2D eigenvalue weighted by Crippen LogP contribution is 2.38. The van der Waals surface area contributed by atoms with Crippen LogP contribution >= 0.6 is 0 Å². The summed E-state index contributed by atoms with van der Waals surface area (Å²) < 4.78 is 36.9. The maximum absolute atomic E-state index is 12.3. The van der Waals surface area contributed by atoms with Crippen molar-refractivity contribution in [2.24, 2.45) is 0 Å². The molecule has 0 bridgehead atoms. The molecule has 1 heterocycles. The van der Waals surface area contributed by atoms with Crippen molar-refractivity contribution in [3.63, 3.8) is 0 Å². The highest BCUT2D eigenvalue weighted by Gasteiger charge is 2.44. The van der Waals surface area contributed by atoms with Gasteiger partial charge in [0.1, 0.15) is 5.69 Å². The van der Waals surface area contributed by atoms with Crippen LogP contribution in [0.2, 0.25) is 0 Å². The number of nitro groups is 1. The zero-order valence-electron chi connectivity index (χ0n) is 7.92. The van der Waals surface area contributed by atoms with Crippen molar-refractivity contribution in [3.05, 3.63) is 21.5 Å². The van der Waals surface area contributed by atoms with Crippen LogP contribution in [0.15, 0.2) is 0 Å². The Morgan fingerprint density at radius 3 is 2.33 bits per heavy atom. The van der Waals surface area contributed by atoms with Crippen molar-refractivity contribution in [1.82, 2.24) is 10.2 Å². The second-order valence-corrected chi connectivity index (χ2v) is 3.24. The van der Waals surface area contributed by atoms with Crippen LogP contribution in [-0.2, 0) is 6.18 Å². The summed E-state index contributed by atoms with van der Waals surface area (Å²) in [7, 11) is 0. The van der Waals surface area contributed by atoms with E-state index in [9.17, 15) is 23.3 Å². The summed E-state index contributed by atoms with van der Waals surface area (Å²) in [6, 6.07) is 0. The lowest BCUT2D eigenvalue weighted by Crippen LogP contribution is -2.09. The molecule has 1 aromatic rings. The van der Waals surface area contributed by atoms with Gasteiger partial charge < -0.3 is 0 Å². The Labute approximate surface area is 82.4 Å². The van der Waals surface area contributed by atoms with E-state index in [2.05, 4.69) is 10.2 Å². The van der Waals surface area contributed by atoms with Crippen LogP contribution in [0.5, 0.6) is 0 Å². The van der Waals surface area contributed by atoms with Crippen molar-refractivity contribution in [1.29, 1.82) is 0 Å². The largest absolute Gasteiger partial charge is 0.442 e. The Hall–Kier alpha value is -1.60. The van der Waals surface area contributed by atoms with Crippen molar-refractivity contribution in [3.8, 4) is 0 Å². The first-order valence-corrected chi connectivity index (χ1v) is 4.05. The molecule has 0 spiro atoms. The first kappa shape index (κ1) is 11.5. The quantitative estimate of drug-likeness (QED) is 0.618. The summed E-state index contributed by atoms with van der Waals surface area (Å²) in [6.45, 7) is 3.08. The first-order valence-electron chi connectivity index (χ1n) is 4.05. The SMILES string of the molecule is CC(C)c1[nH]nc(C(F)(F)F)c1[N+](=O)[O-]. The van der Waals surface area contributed by atoms with Crippen molar-refractivity contribution < 1.29 is 18.1 Å². The van der Waals surface area contributed by atoms with Crippen LogP contribution in [-0.4, -0.2) is 15.1 Å². The lowest BCUT2D eigenvalue weighted by Gasteiger charge is -2.02. The van der Waals surface area contributed by atoms with Crippen LogP contribution in [0.1, 0.15) is 31.2 Å². The molecule has 0 fully saturated rings. The van der Waals surface area contributed by atoms with Gasteiger partial charge in [0.15, 0.2) is 0 Å². The molecule has 0 radical (unpaired) electrons. The topological polar surface area (TPSA) is 71.8 Å². The highest BCUT2D eigenvalue weighted by atomic mass is 19.4. The monoisotopic (exact) mass is 223 g/mol. The molecule has 1 rings (SSSR count). The molecule has 8 heteroatoms. The zero-order valence-corrected chi connectivity index (χ0v) is 7.92. The summed E-state index contributed by atoms with van der Waals surface area (Å²) in [5, 5.41) is 15.5. The molecule has 84 valence electrons. The maximum atomic E-state index is 12.3. The molecule has 1 N–H and O–H groups in total. The number of rotatable bonds is 2. The third kappa shape index (κ3) is 2.08. The number of hydrogen-bond acceptors (Lipinski definition) is 3. The Bertz CT molecular complexity index is 383. The molecule has 0 amide bonds. The second-order valence-electron chi connectivity index (χ2n) is 3.24. The summed E-state index contributed by atoms with van der Waals surface area (Å²) in [6.07, 6.45) is -4.81. The van der Waals surface area contributed by atoms with Gasteiger partial charge in [0.05, 0.1) is 4.92 Å². The molecule has 0 aromatic carbocycles. The third-order valence-electron chi connectivity index (χ3n) is 1.80. The minimum atomic E-state index is -4.81. The van der Waals surface area contributed by atoms with Crippen molar-refractivity contribution in [2.75, 3.05) is 0 Å². The van der Waals surface area contributed by atoms with E-state index in [4.69, 9.17) is 0 Å².